The van der Waals surface area contributed by atoms with Crippen LogP contribution in [0.5, 0.6) is 0 Å². The summed E-state index contributed by atoms with van der Waals surface area (Å²) in [7, 11) is 0. The molecular formula is C28H29N7O2S. The van der Waals surface area contributed by atoms with Crippen LogP contribution in [-0.4, -0.2) is 54.4 Å². The van der Waals surface area contributed by atoms with E-state index in [9.17, 15) is 9.59 Å². The topological polar surface area (TPSA) is 119 Å². The molecule has 38 heavy (non-hydrogen) atoms. The standard InChI is InChI=1S/C28H29N7O2S/c1-2-22(36)34-14-10-28(11-15-34)17-20(28)38-27-33-23(24-25(29)31-13-16-35(24)27)18-6-8-19(9-7-18)26(37)32-21-5-3-4-12-30-21/h3-9,12-13,16,20H,2,10-11,14-15,17H2,1H3,(H2,29,31)(H,30,32,37). The number of rotatable bonds is 6. The number of anilines is 2. The number of fused-ring (bicyclic) bond motifs is 1. The Morgan fingerprint density at radius 2 is 1.89 bits per heavy atom. The first-order valence-electron chi connectivity index (χ1n) is 12.9. The Morgan fingerprint density at radius 3 is 2.61 bits per heavy atom. The minimum Gasteiger partial charge on any atom is -0.382 e. The minimum atomic E-state index is -0.229. The Morgan fingerprint density at radius 1 is 1.11 bits per heavy atom. The van der Waals surface area contributed by atoms with Crippen LogP contribution in [0.4, 0.5) is 11.6 Å². The number of likely N-dealkylation sites (tertiary alicyclic amines) is 1. The van der Waals surface area contributed by atoms with Crippen LogP contribution in [0, 0.1) is 5.41 Å². The number of benzene rings is 1. The van der Waals surface area contributed by atoms with Crippen LogP contribution in [-0.2, 0) is 4.79 Å². The molecule has 1 atom stereocenters. The molecule has 1 saturated carbocycles. The minimum absolute atomic E-state index is 0.229. The molecular weight excluding hydrogens is 498 g/mol. The maximum Gasteiger partial charge on any atom is 0.256 e. The normalized spacial score (nSPS) is 18.0. The third-order valence-corrected chi connectivity index (χ3v) is 9.10. The average molecular weight is 528 g/mol. The van der Waals surface area contributed by atoms with Gasteiger partial charge in [-0.25, -0.2) is 15.0 Å². The molecule has 1 unspecified atom stereocenters. The number of hydrogen-bond acceptors (Lipinski definition) is 7. The summed E-state index contributed by atoms with van der Waals surface area (Å²) in [6.45, 7) is 3.61. The largest absolute Gasteiger partial charge is 0.382 e. The molecule has 1 aliphatic heterocycles. The van der Waals surface area contributed by atoms with E-state index in [2.05, 4.69) is 15.3 Å². The Balaban J connectivity index is 1.22. The molecule has 1 aromatic carbocycles. The number of nitrogens with one attached hydrogen (secondary N) is 1. The van der Waals surface area contributed by atoms with Crippen LogP contribution in [0.1, 0.15) is 43.0 Å². The molecule has 9 nitrogen and oxygen atoms in total. The van der Waals surface area contributed by atoms with E-state index >= 15 is 0 Å². The molecule has 2 aliphatic rings. The van der Waals surface area contributed by atoms with E-state index in [-0.39, 0.29) is 17.2 Å². The molecule has 1 spiro atoms. The average Bonchev–Trinajstić information content (AvgIpc) is 3.46. The molecule has 194 valence electrons. The molecule has 4 heterocycles. The Labute approximate surface area is 224 Å². The zero-order chi connectivity index (χ0) is 26.3. The number of imidazole rings is 1. The third-order valence-electron chi connectivity index (χ3n) is 7.65. The second-order valence-electron chi connectivity index (χ2n) is 9.93. The molecule has 0 radical (unpaired) electrons. The maximum atomic E-state index is 12.7. The van der Waals surface area contributed by atoms with Crippen molar-refractivity contribution in [1.29, 1.82) is 0 Å². The number of piperidine rings is 1. The summed E-state index contributed by atoms with van der Waals surface area (Å²) in [5, 5.41) is 4.15. The second-order valence-corrected chi connectivity index (χ2v) is 11.1. The number of aromatic nitrogens is 4. The number of pyridine rings is 1. The van der Waals surface area contributed by atoms with Gasteiger partial charge in [0.1, 0.15) is 22.8 Å². The van der Waals surface area contributed by atoms with E-state index in [4.69, 9.17) is 10.7 Å². The number of hydrogen-bond donors (Lipinski definition) is 2. The fourth-order valence-electron chi connectivity index (χ4n) is 5.28. The fraction of sp³-hybridized carbons (Fsp3) is 0.321. The maximum absolute atomic E-state index is 12.7. The van der Waals surface area contributed by atoms with Crippen molar-refractivity contribution in [3.63, 3.8) is 0 Å². The lowest BCUT2D eigenvalue weighted by molar-refractivity contribution is -0.132. The Kier molecular flexibility index (Phi) is 6.27. The third kappa shape index (κ3) is 4.49. The predicted molar refractivity (Wildman–Crippen MR) is 148 cm³/mol. The Hall–Kier alpha value is -3.92. The quantitative estimate of drug-likeness (QED) is 0.379. The first-order chi connectivity index (χ1) is 18.5. The number of carbonyl (C=O) groups is 2. The monoisotopic (exact) mass is 527 g/mol. The van der Waals surface area contributed by atoms with Gasteiger partial charge in [0.15, 0.2) is 5.16 Å². The van der Waals surface area contributed by atoms with Crippen LogP contribution >= 0.6 is 11.8 Å². The zero-order valence-electron chi connectivity index (χ0n) is 21.1. The molecule has 4 aromatic rings. The number of nitrogens with zero attached hydrogens (tertiary/aromatic N) is 5. The van der Waals surface area contributed by atoms with E-state index in [0.717, 1.165) is 54.3 Å². The second kappa shape index (κ2) is 9.75. The van der Waals surface area contributed by atoms with Crippen molar-refractivity contribution in [3.8, 4) is 11.3 Å². The number of amides is 2. The summed E-state index contributed by atoms with van der Waals surface area (Å²) in [6, 6.07) is 12.7. The van der Waals surface area contributed by atoms with Gasteiger partial charge in [0.05, 0.1) is 0 Å². The van der Waals surface area contributed by atoms with Crippen LogP contribution in [0.15, 0.2) is 66.2 Å². The van der Waals surface area contributed by atoms with E-state index in [1.165, 1.54) is 0 Å². The molecule has 2 amide bonds. The summed E-state index contributed by atoms with van der Waals surface area (Å²) in [5.41, 5.74) is 9.49. The molecule has 1 aliphatic carbocycles. The van der Waals surface area contributed by atoms with Crippen molar-refractivity contribution in [3.05, 3.63) is 66.6 Å². The number of carbonyl (C=O) groups excluding carboxylic acids is 2. The Bertz CT molecular complexity index is 1500. The van der Waals surface area contributed by atoms with Crippen LogP contribution < -0.4 is 11.1 Å². The highest BCUT2D eigenvalue weighted by molar-refractivity contribution is 8.00. The lowest BCUT2D eigenvalue weighted by Gasteiger charge is -2.32. The number of nitrogens with two attached hydrogens (primary N) is 1. The van der Waals surface area contributed by atoms with Gasteiger partial charge in [-0.15, -0.1) is 0 Å². The fourth-order valence-corrected chi connectivity index (χ4v) is 6.85. The summed E-state index contributed by atoms with van der Waals surface area (Å²) < 4.78 is 2.02. The van der Waals surface area contributed by atoms with Crippen molar-refractivity contribution in [2.75, 3.05) is 24.1 Å². The van der Waals surface area contributed by atoms with Gasteiger partial charge in [-0.2, -0.15) is 0 Å². The SMILES string of the molecule is CCC(=O)N1CCC2(CC1)CC2Sc1nc(-c2ccc(C(=O)Nc3ccccn3)cc2)c2c(N)nccn12. The lowest BCUT2D eigenvalue weighted by atomic mass is 9.93. The zero-order valence-corrected chi connectivity index (χ0v) is 21.9. The number of thioether (sulfide) groups is 1. The summed E-state index contributed by atoms with van der Waals surface area (Å²) in [5.74, 6) is 0.934. The van der Waals surface area contributed by atoms with Gasteiger partial charge < -0.3 is 16.0 Å². The van der Waals surface area contributed by atoms with E-state index in [0.29, 0.717) is 28.9 Å². The first-order valence-corrected chi connectivity index (χ1v) is 13.8. The van der Waals surface area contributed by atoms with Crippen LogP contribution in [0.2, 0.25) is 0 Å². The highest BCUT2D eigenvalue weighted by atomic mass is 32.2. The molecule has 3 N–H and O–H groups in total. The summed E-state index contributed by atoms with van der Waals surface area (Å²) in [6.07, 6.45) is 9.01. The van der Waals surface area contributed by atoms with Crippen LogP contribution in [0.3, 0.4) is 0 Å². The van der Waals surface area contributed by atoms with Gasteiger partial charge in [0, 0.05) is 54.5 Å². The lowest BCUT2D eigenvalue weighted by Crippen LogP contribution is -2.39. The smallest absolute Gasteiger partial charge is 0.256 e. The van der Waals surface area contributed by atoms with E-state index in [1.807, 2.05) is 40.6 Å². The van der Waals surface area contributed by atoms with Crippen molar-refractivity contribution in [2.24, 2.45) is 5.41 Å². The van der Waals surface area contributed by atoms with Gasteiger partial charge in [-0.3, -0.25) is 14.0 Å². The first kappa shape index (κ1) is 24.4. The van der Waals surface area contributed by atoms with Gasteiger partial charge in [0.25, 0.3) is 5.91 Å². The predicted octanol–water partition coefficient (Wildman–Crippen LogP) is 4.51. The molecule has 10 heteroatoms. The van der Waals surface area contributed by atoms with Gasteiger partial charge >= 0.3 is 0 Å². The number of nitrogen functional groups attached to an aromatic ring is 1. The molecule has 3 aromatic heterocycles. The van der Waals surface area contributed by atoms with Crippen molar-refractivity contribution in [1.82, 2.24) is 24.3 Å². The van der Waals surface area contributed by atoms with Crippen LogP contribution in [0.25, 0.3) is 16.8 Å². The van der Waals surface area contributed by atoms with Crippen molar-refractivity contribution < 1.29 is 9.59 Å². The molecule has 1 saturated heterocycles. The van der Waals surface area contributed by atoms with Gasteiger partial charge in [-0.1, -0.05) is 36.9 Å². The highest BCUT2D eigenvalue weighted by Gasteiger charge is 2.56. The van der Waals surface area contributed by atoms with Crippen molar-refractivity contribution >= 4 is 40.7 Å². The van der Waals surface area contributed by atoms with E-state index in [1.54, 1.807) is 48.4 Å². The summed E-state index contributed by atoms with van der Waals surface area (Å²) >= 11 is 1.79. The summed E-state index contributed by atoms with van der Waals surface area (Å²) in [4.78, 5) is 40.2. The molecule has 0 bridgehead atoms. The van der Waals surface area contributed by atoms with Crippen molar-refractivity contribution in [2.45, 2.75) is 43.0 Å². The van der Waals surface area contributed by atoms with E-state index < -0.39 is 0 Å². The molecule has 2 fully saturated rings. The van der Waals surface area contributed by atoms with Gasteiger partial charge in [-0.05, 0) is 48.9 Å². The molecule has 6 rings (SSSR count). The van der Waals surface area contributed by atoms with Gasteiger partial charge in [0.2, 0.25) is 5.91 Å². The highest BCUT2D eigenvalue weighted by Crippen LogP contribution is 2.61.